The van der Waals surface area contributed by atoms with Gasteiger partial charge in [0.1, 0.15) is 5.75 Å². The molecular weight excluding hydrogens is 368 g/mol. The van der Waals surface area contributed by atoms with E-state index in [1.165, 1.54) is 0 Å². The van der Waals surface area contributed by atoms with E-state index in [4.69, 9.17) is 9.26 Å². The van der Waals surface area contributed by atoms with Gasteiger partial charge in [-0.2, -0.15) is 4.98 Å². The van der Waals surface area contributed by atoms with Gasteiger partial charge in [0.25, 0.3) is 0 Å². The zero-order valence-corrected chi connectivity index (χ0v) is 16.4. The van der Waals surface area contributed by atoms with Crippen LogP contribution >= 0.6 is 0 Å². The lowest BCUT2D eigenvalue weighted by atomic mass is 10.1. The first-order chi connectivity index (χ1) is 14.2. The number of aromatic nitrogens is 2. The molecule has 1 saturated heterocycles. The molecule has 3 aromatic rings. The molecule has 4 rings (SSSR count). The first-order valence-electron chi connectivity index (χ1n) is 9.75. The topological polar surface area (TPSA) is 80.5 Å². The molecule has 7 heteroatoms. The minimum Gasteiger partial charge on any atom is -0.497 e. The number of carbonyl (C=O) groups is 1. The summed E-state index contributed by atoms with van der Waals surface area (Å²) in [4.78, 5) is 19.4. The summed E-state index contributed by atoms with van der Waals surface area (Å²) >= 11 is 0. The molecule has 2 aromatic carbocycles. The molecule has 1 amide bonds. The Morgan fingerprint density at radius 1 is 1.21 bits per heavy atom. The van der Waals surface area contributed by atoms with Crippen molar-refractivity contribution in [2.75, 3.05) is 19.0 Å². The second-order valence-electron chi connectivity index (χ2n) is 7.11. The summed E-state index contributed by atoms with van der Waals surface area (Å²) in [5.74, 6) is 1.94. The van der Waals surface area contributed by atoms with Crippen LogP contribution in [0, 0.1) is 0 Å². The summed E-state index contributed by atoms with van der Waals surface area (Å²) in [5, 5.41) is 7.07. The molecular formula is C22H24N4O3. The molecule has 1 N–H and O–H groups in total. The van der Waals surface area contributed by atoms with Crippen LogP contribution in [0.5, 0.6) is 5.75 Å². The third kappa shape index (κ3) is 4.81. The molecule has 1 aromatic heterocycles. The van der Waals surface area contributed by atoms with E-state index in [9.17, 15) is 4.79 Å². The van der Waals surface area contributed by atoms with E-state index in [0.717, 1.165) is 36.4 Å². The maximum Gasteiger partial charge on any atom is 0.241 e. The number of hydrogen-bond donors (Lipinski definition) is 1. The summed E-state index contributed by atoms with van der Waals surface area (Å²) in [5.41, 5.74) is 1.89. The smallest absolute Gasteiger partial charge is 0.241 e. The number of anilines is 1. The van der Waals surface area contributed by atoms with Crippen molar-refractivity contribution in [3.8, 4) is 5.75 Å². The monoisotopic (exact) mass is 392 g/mol. The second kappa shape index (κ2) is 8.87. The molecule has 1 aliphatic rings. The molecule has 0 bridgehead atoms. The maximum absolute atomic E-state index is 12.8. The maximum atomic E-state index is 12.8. The van der Waals surface area contributed by atoms with Crippen molar-refractivity contribution < 1.29 is 14.1 Å². The van der Waals surface area contributed by atoms with Gasteiger partial charge in [-0.1, -0.05) is 35.5 Å². The van der Waals surface area contributed by atoms with Gasteiger partial charge in [0, 0.05) is 12.1 Å². The average molecular weight is 392 g/mol. The average Bonchev–Trinajstić information content (AvgIpc) is 3.39. The lowest BCUT2D eigenvalue weighted by Crippen LogP contribution is -2.39. The van der Waals surface area contributed by atoms with Crippen LogP contribution in [0.25, 0.3) is 0 Å². The van der Waals surface area contributed by atoms with Crippen molar-refractivity contribution in [3.05, 3.63) is 71.9 Å². The fraction of sp³-hybridized carbons (Fsp3) is 0.318. The first-order valence-corrected chi connectivity index (χ1v) is 9.75. The van der Waals surface area contributed by atoms with E-state index in [2.05, 4.69) is 20.4 Å². The highest BCUT2D eigenvalue weighted by molar-refractivity contribution is 5.95. The van der Waals surface area contributed by atoms with E-state index in [-0.39, 0.29) is 11.9 Å². The molecule has 29 heavy (non-hydrogen) atoms. The Labute approximate surface area is 169 Å². The van der Waals surface area contributed by atoms with Crippen LogP contribution in [0.3, 0.4) is 0 Å². The summed E-state index contributed by atoms with van der Waals surface area (Å²) in [6.07, 6.45) is 2.41. The quantitative estimate of drug-likeness (QED) is 0.665. The molecule has 0 saturated carbocycles. The van der Waals surface area contributed by atoms with Crippen molar-refractivity contribution >= 4 is 11.6 Å². The lowest BCUT2D eigenvalue weighted by Gasteiger charge is -2.22. The predicted octanol–water partition coefficient (Wildman–Crippen LogP) is 3.27. The third-order valence-electron chi connectivity index (χ3n) is 5.08. The summed E-state index contributed by atoms with van der Waals surface area (Å²) < 4.78 is 10.6. The minimum atomic E-state index is -0.207. The van der Waals surface area contributed by atoms with Crippen LogP contribution in [0.15, 0.2) is 59.1 Å². The molecule has 1 fully saturated rings. The Balaban J connectivity index is 1.36. The lowest BCUT2D eigenvalue weighted by molar-refractivity contribution is -0.120. The van der Waals surface area contributed by atoms with Crippen LogP contribution in [-0.4, -0.2) is 40.6 Å². The largest absolute Gasteiger partial charge is 0.497 e. The number of benzene rings is 2. The molecule has 0 spiro atoms. The van der Waals surface area contributed by atoms with Gasteiger partial charge in [0.2, 0.25) is 11.8 Å². The highest BCUT2D eigenvalue weighted by atomic mass is 16.5. The minimum absolute atomic E-state index is 0.0170. The third-order valence-corrected chi connectivity index (χ3v) is 5.08. The first kappa shape index (κ1) is 19.1. The van der Waals surface area contributed by atoms with Gasteiger partial charge in [0.15, 0.2) is 5.82 Å². The molecule has 0 unspecified atom stereocenters. The van der Waals surface area contributed by atoms with E-state index in [0.29, 0.717) is 24.7 Å². The van der Waals surface area contributed by atoms with Gasteiger partial charge in [-0.05, 0) is 49.2 Å². The van der Waals surface area contributed by atoms with Gasteiger partial charge in [-0.15, -0.1) is 0 Å². The fourth-order valence-corrected chi connectivity index (χ4v) is 3.59. The summed E-state index contributed by atoms with van der Waals surface area (Å²) in [7, 11) is 1.62. The molecule has 2 heterocycles. The van der Waals surface area contributed by atoms with Crippen molar-refractivity contribution in [2.24, 2.45) is 0 Å². The van der Waals surface area contributed by atoms with Crippen LogP contribution in [0.4, 0.5) is 5.69 Å². The standard InChI is InChI=1S/C22H24N4O3/c1-28-18-11-9-17(10-12-18)23-22(27)19-8-5-13-26(19)15-21-24-20(25-29-21)14-16-6-3-2-4-7-16/h2-4,6-7,9-12,19H,5,8,13-15H2,1H3,(H,23,27)/t19-/m0/s1. The molecule has 1 atom stereocenters. The van der Waals surface area contributed by atoms with E-state index < -0.39 is 0 Å². The Morgan fingerprint density at radius 3 is 2.76 bits per heavy atom. The number of nitrogens with zero attached hydrogens (tertiary/aromatic N) is 3. The second-order valence-corrected chi connectivity index (χ2v) is 7.11. The Morgan fingerprint density at radius 2 is 2.00 bits per heavy atom. The van der Waals surface area contributed by atoms with E-state index >= 15 is 0 Å². The van der Waals surface area contributed by atoms with Crippen molar-refractivity contribution in [1.82, 2.24) is 15.0 Å². The fourth-order valence-electron chi connectivity index (χ4n) is 3.59. The van der Waals surface area contributed by atoms with Crippen molar-refractivity contribution in [3.63, 3.8) is 0 Å². The Bertz CT molecular complexity index is 940. The molecule has 0 radical (unpaired) electrons. The van der Waals surface area contributed by atoms with Crippen LogP contribution < -0.4 is 10.1 Å². The summed E-state index contributed by atoms with van der Waals surface area (Å²) in [6, 6.07) is 17.2. The number of likely N-dealkylation sites (tertiary alicyclic amines) is 1. The van der Waals surface area contributed by atoms with Gasteiger partial charge in [-0.3, -0.25) is 9.69 Å². The van der Waals surface area contributed by atoms with Crippen LogP contribution in [0.2, 0.25) is 0 Å². The number of rotatable bonds is 7. The Hall–Kier alpha value is -3.19. The van der Waals surface area contributed by atoms with Crippen LogP contribution in [-0.2, 0) is 17.8 Å². The normalized spacial score (nSPS) is 16.7. The molecule has 150 valence electrons. The van der Waals surface area contributed by atoms with Crippen molar-refractivity contribution in [1.29, 1.82) is 0 Å². The molecule has 7 nitrogen and oxygen atoms in total. The number of carbonyl (C=O) groups excluding carboxylic acids is 1. The number of ether oxygens (including phenoxy) is 1. The van der Waals surface area contributed by atoms with Gasteiger partial charge < -0.3 is 14.6 Å². The van der Waals surface area contributed by atoms with Gasteiger partial charge >= 0.3 is 0 Å². The zero-order chi connectivity index (χ0) is 20.1. The zero-order valence-electron chi connectivity index (χ0n) is 16.4. The predicted molar refractivity (Wildman–Crippen MR) is 109 cm³/mol. The SMILES string of the molecule is COc1ccc(NC(=O)[C@@H]2CCCN2Cc2nc(Cc3ccccc3)no2)cc1. The molecule has 1 aliphatic heterocycles. The number of amides is 1. The van der Waals surface area contributed by atoms with Gasteiger partial charge in [-0.25, -0.2) is 0 Å². The van der Waals surface area contributed by atoms with Crippen molar-refractivity contribution in [2.45, 2.75) is 31.8 Å². The highest BCUT2D eigenvalue weighted by Gasteiger charge is 2.32. The van der Waals surface area contributed by atoms with Crippen LogP contribution in [0.1, 0.15) is 30.1 Å². The molecule has 0 aliphatic carbocycles. The number of nitrogens with one attached hydrogen (secondary N) is 1. The number of hydrogen-bond acceptors (Lipinski definition) is 6. The van der Waals surface area contributed by atoms with E-state index in [1.54, 1.807) is 7.11 Å². The summed E-state index contributed by atoms with van der Waals surface area (Å²) in [6.45, 7) is 1.31. The van der Waals surface area contributed by atoms with E-state index in [1.807, 2.05) is 54.6 Å². The van der Waals surface area contributed by atoms with Gasteiger partial charge in [0.05, 0.1) is 19.7 Å². The highest BCUT2D eigenvalue weighted by Crippen LogP contribution is 2.22. The Kier molecular flexibility index (Phi) is 5.86. The number of methoxy groups -OCH3 is 1.